The number of rotatable bonds is 19. The summed E-state index contributed by atoms with van der Waals surface area (Å²) in [5, 5.41) is 3.49. The lowest BCUT2D eigenvalue weighted by molar-refractivity contribution is 0.309. The molecule has 0 aliphatic heterocycles. The molecule has 0 unspecified atom stereocenters. The van der Waals surface area contributed by atoms with Crippen LogP contribution in [0.15, 0.2) is 35.7 Å². The van der Waals surface area contributed by atoms with Gasteiger partial charge in [0.2, 0.25) is 0 Å². The number of thiophene rings is 1. The Kier molecular flexibility index (Phi) is 13.0. The van der Waals surface area contributed by atoms with Crippen molar-refractivity contribution in [1.82, 2.24) is 0 Å². The van der Waals surface area contributed by atoms with Crippen LogP contribution in [0.5, 0.6) is 5.75 Å². The Balaban J connectivity index is 1.25. The van der Waals surface area contributed by atoms with Gasteiger partial charge in [0.05, 0.1) is 6.61 Å². The van der Waals surface area contributed by atoms with Crippen molar-refractivity contribution in [2.24, 2.45) is 0 Å². The van der Waals surface area contributed by atoms with Crippen LogP contribution in [-0.4, -0.2) is 6.61 Å². The van der Waals surface area contributed by atoms with Gasteiger partial charge in [-0.25, -0.2) is 0 Å². The van der Waals surface area contributed by atoms with Gasteiger partial charge in [-0.2, -0.15) is 0 Å². The highest BCUT2D eigenvalue weighted by atomic mass is 32.1. The van der Waals surface area contributed by atoms with Crippen molar-refractivity contribution in [3.63, 3.8) is 0 Å². The standard InChI is InChI=1S/C33H50OS/c1-4-5-6-7-8-9-10-11-12-13-14-15-16-17-18-19-25-34-32-29-22-20-28(27(2)3)21-23-30(29)33-31(32)24-26-35-33/h20-24,26-27H,4-19,25H2,1-3H3. The monoisotopic (exact) mass is 494 g/mol. The molecule has 35 heavy (non-hydrogen) atoms. The first-order valence-corrected chi connectivity index (χ1v) is 15.7. The van der Waals surface area contributed by atoms with Crippen LogP contribution in [-0.2, 0) is 0 Å². The largest absolute Gasteiger partial charge is 0.492 e. The lowest BCUT2D eigenvalue weighted by Gasteiger charge is -2.07. The van der Waals surface area contributed by atoms with E-state index in [9.17, 15) is 0 Å². The molecule has 1 heterocycles. The molecule has 3 rings (SSSR count). The first-order chi connectivity index (χ1) is 17.2. The summed E-state index contributed by atoms with van der Waals surface area (Å²) in [6, 6.07) is 11.4. The molecule has 0 radical (unpaired) electrons. The highest BCUT2D eigenvalue weighted by Crippen LogP contribution is 2.47. The molecule has 1 aromatic rings. The van der Waals surface area contributed by atoms with Crippen molar-refractivity contribution in [3.05, 3.63) is 41.3 Å². The van der Waals surface area contributed by atoms with E-state index in [1.807, 2.05) is 11.3 Å². The fraction of sp³-hybridized carbons (Fsp3) is 0.636. The molecule has 1 aromatic heterocycles. The first-order valence-electron chi connectivity index (χ1n) is 14.8. The summed E-state index contributed by atoms with van der Waals surface area (Å²) in [6.07, 6.45) is 22.4. The summed E-state index contributed by atoms with van der Waals surface area (Å²) in [4.78, 5) is 0. The minimum Gasteiger partial charge on any atom is -0.492 e. The van der Waals surface area contributed by atoms with Crippen LogP contribution in [0, 0.1) is 0 Å². The predicted octanol–water partition coefficient (Wildman–Crippen LogP) is 11.8. The Morgan fingerprint density at radius 3 is 1.69 bits per heavy atom. The number of unbranched alkanes of at least 4 members (excludes halogenated alkanes) is 15. The van der Waals surface area contributed by atoms with Crippen molar-refractivity contribution < 1.29 is 4.74 Å². The van der Waals surface area contributed by atoms with E-state index in [1.54, 1.807) is 0 Å². The average molecular weight is 495 g/mol. The van der Waals surface area contributed by atoms with Gasteiger partial charge >= 0.3 is 0 Å². The van der Waals surface area contributed by atoms with Gasteiger partial charge < -0.3 is 4.74 Å². The van der Waals surface area contributed by atoms with E-state index in [4.69, 9.17) is 4.74 Å². The zero-order chi connectivity index (χ0) is 24.7. The predicted molar refractivity (Wildman–Crippen MR) is 158 cm³/mol. The van der Waals surface area contributed by atoms with Crippen molar-refractivity contribution in [2.75, 3.05) is 6.61 Å². The molecule has 2 aliphatic carbocycles. The molecule has 0 bridgehead atoms. The lowest BCUT2D eigenvalue weighted by Crippen LogP contribution is -1.97. The number of fused-ring (bicyclic) bond motifs is 3. The second-order valence-corrected chi connectivity index (χ2v) is 11.7. The van der Waals surface area contributed by atoms with Crippen LogP contribution in [0.4, 0.5) is 0 Å². The summed E-state index contributed by atoms with van der Waals surface area (Å²) in [6.45, 7) is 7.65. The quantitative estimate of drug-likeness (QED) is 0.151. The highest BCUT2D eigenvalue weighted by Gasteiger charge is 2.19. The fourth-order valence-electron chi connectivity index (χ4n) is 5.20. The third-order valence-corrected chi connectivity index (χ3v) is 8.43. The smallest absolute Gasteiger partial charge is 0.135 e. The van der Waals surface area contributed by atoms with E-state index >= 15 is 0 Å². The van der Waals surface area contributed by atoms with Crippen LogP contribution in [0.25, 0.3) is 21.2 Å². The Morgan fingerprint density at radius 1 is 0.629 bits per heavy atom. The normalized spacial score (nSPS) is 11.8. The minimum atomic E-state index is 0.541. The van der Waals surface area contributed by atoms with Crippen molar-refractivity contribution in [3.8, 4) is 16.9 Å². The molecule has 0 amide bonds. The molecular formula is C33H50OS. The molecule has 2 aliphatic rings. The number of hydrogen-bond acceptors (Lipinski definition) is 2. The molecule has 0 N–H and O–H groups in total. The van der Waals surface area contributed by atoms with Crippen molar-refractivity contribution in [2.45, 2.75) is 129 Å². The van der Waals surface area contributed by atoms with Crippen LogP contribution in [0.2, 0.25) is 0 Å². The molecule has 194 valence electrons. The van der Waals surface area contributed by atoms with E-state index in [0.29, 0.717) is 5.92 Å². The zero-order valence-corrected chi connectivity index (χ0v) is 23.7. The second-order valence-electron chi connectivity index (χ2n) is 10.8. The molecule has 0 saturated heterocycles. The maximum atomic E-state index is 6.40. The van der Waals surface area contributed by atoms with Crippen LogP contribution < -0.4 is 4.74 Å². The molecule has 1 nitrogen and oxygen atoms in total. The Hall–Kier alpha value is -1.54. The first kappa shape index (κ1) is 28.0. The molecule has 2 heteroatoms. The molecule has 0 saturated carbocycles. The van der Waals surface area contributed by atoms with Crippen molar-refractivity contribution >= 4 is 21.4 Å². The zero-order valence-electron chi connectivity index (χ0n) is 22.9. The van der Waals surface area contributed by atoms with Gasteiger partial charge in [-0.15, -0.1) is 11.3 Å². The van der Waals surface area contributed by atoms with Gasteiger partial charge in [0, 0.05) is 21.2 Å². The molecular weight excluding hydrogens is 444 g/mol. The Morgan fingerprint density at radius 2 is 1.14 bits per heavy atom. The topological polar surface area (TPSA) is 9.23 Å². The summed E-state index contributed by atoms with van der Waals surface area (Å²) in [5.41, 5.74) is 3.99. The van der Waals surface area contributed by atoms with Crippen LogP contribution >= 0.6 is 11.3 Å². The highest BCUT2D eigenvalue weighted by molar-refractivity contribution is 7.18. The van der Waals surface area contributed by atoms with Gasteiger partial charge in [-0.05, 0) is 29.3 Å². The molecule has 0 fully saturated rings. The van der Waals surface area contributed by atoms with Gasteiger partial charge in [-0.1, -0.05) is 141 Å². The summed E-state index contributed by atoms with van der Waals surface area (Å²) >= 11 is 1.83. The second kappa shape index (κ2) is 16.3. The summed E-state index contributed by atoms with van der Waals surface area (Å²) in [5.74, 6) is 1.64. The fourth-order valence-corrected chi connectivity index (χ4v) is 6.13. The van der Waals surface area contributed by atoms with Crippen LogP contribution in [0.3, 0.4) is 0 Å². The van der Waals surface area contributed by atoms with E-state index in [0.717, 1.165) is 18.8 Å². The summed E-state index contributed by atoms with van der Waals surface area (Å²) in [7, 11) is 0. The maximum Gasteiger partial charge on any atom is 0.135 e. The lowest BCUT2D eigenvalue weighted by atomic mass is 10.0. The maximum absolute atomic E-state index is 6.40. The Labute approximate surface area is 220 Å². The third-order valence-electron chi connectivity index (χ3n) is 7.49. The Bertz CT molecular complexity index is 924. The van der Waals surface area contributed by atoms with Gasteiger partial charge in [-0.3, -0.25) is 0 Å². The van der Waals surface area contributed by atoms with Crippen LogP contribution in [0.1, 0.15) is 135 Å². The van der Waals surface area contributed by atoms with Gasteiger partial charge in [0.25, 0.3) is 0 Å². The molecule has 0 atom stereocenters. The van der Waals surface area contributed by atoms with E-state index < -0.39 is 0 Å². The molecule has 0 spiro atoms. The number of ether oxygens (including phenoxy) is 1. The van der Waals surface area contributed by atoms with Gasteiger partial charge in [0.15, 0.2) is 0 Å². The minimum absolute atomic E-state index is 0.541. The third kappa shape index (κ3) is 9.12. The van der Waals surface area contributed by atoms with Gasteiger partial charge in [0.1, 0.15) is 5.75 Å². The van der Waals surface area contributed by atoms with E-state index in [1.165, 1.54) is 123 Å². The average Bonchev–Trinajstić information content (AvgIpc) is 3.35. The van der Waals surface area contributed by atoms with E-state index in [2.05, 4.69) is 56.5 Å². The number of hydrogen-bond donors (Lipinski definition) is 0. The van der Waals surface area contributed by atoms with E-state index in [-0.39, 0.29) is 0 Å². The van der Waals surface area contributed by atoms with Crippen molar-refractivity contribution in [1.29, 1.82) is 0 Å². The summed E-state index contributed by atoms with van der Waals surface area (Å²) < 4.78 is 7.77. The SMILES string of the molecule is CCCCCCCCCCCCCCCCCCOc1c2ccc(C(C)C)ccc-2c2sccc12. The molecule has 0 aromatic carbocycles.